The van der Waals surface area contributed by atoms with Crippen molar-refractivity contribution in [1.29, 1.82) is 0 Å². The van der Waals surface area contributed by atoms with Gasteiger partial charge in [-0.1, -0.05) is 11.6 Å². The molecule has 1 aliphatic heterocycles. The summed E-state index contributed by atoms with van der Waals surface area (Å²) in [6, 6.07) is 8.07. The largest absolute Gasteiger partial charge is 0.348 e. The van der Waals surface area contributed by atoms with Crippen LogP contribution in [0.5, 0.6) is 0 Å². The highest BCUT2D eigenvalue weighted by Crippen LogP contribution is 2.30. The van der Waals surface area contributed by atoms with Crippen molar-refractivity contribution in [1.82, 2.24) is 20.4 Å². The Morgan fingerprint density at radius 1 is 1.38 bits per heavy atom. The molecule has 0 saturated heterocycles. The van der Waals surface area contributed by atoms with Gasteiger partial charge in [-0.25, -0.2) is 9.07 Å². The highest BCUT2D eigenvalue weighted by molar-refractivity contribution is 7.20. The summed E-state index contributed by atoms with van der Waals surface area (Å²) >= 11 is 1.40. The lowest BCUT2D eigenvalue weighted by Gasteiger charge is -2.14. The number of aromatic nitrogens is 2. The van der Waals surface area contributed by atoms with Crippen LogP contribution in [-0.2, 0) is 0 Å². The maximum Gasteiger partial charge on any atom is 0.261 e. The number of nitrogens with zero attached hydrogens (tertiary/aromatic N) is 2. The van der Waals surface area contributed by atoms with Crippen molar-refractivity contribution in [3.63, 3.8) is 0 Å². The van der Waals surface area contributed by atoms with Crippen LogP contribution in [0.4, 0.5) is 4.39 Å². The summed E-state index contributed by atoms with van der Waals surface area (Å²) in [5.74, 6) is -0.358. The molecule has 5 nitrogen and oxygen atoms in total. The molecule has 7 heteroatoms. The third-order valence-corrected chi connectivity index (χ3v) is 5.58. The summed E-state index contributed by atoms with van der Waals surface area (Å²) < 4.78 is 14.9. The quantitative estimate of drug-likeness (QED) is 0.694. The van der Waals surface area contributed by atoms with E-state index in [1.54, 1.807) is 16.8 Å². The minimum Gasteiger partial charge on any atom is -0.348 e. The summed E-state index contributed by atoms with van der Waals surface area (Å²) in [6.07, 6.45) is 3.09. The average molecular weight is 370 g/mol. The zero-order chi connectivity index (χ0) is 18.1. The van der Waals surface area contributed by atoms with Crippen LogP contribution in [0.2, 0.25) is 0 Å². The lowest BCUT2D eigenvalue weighted by molar-refractivity contribution is 0.0960. The number of hydrogen-bond donors (Lipinski definition) is 2. The van der Waals surface area contributed by atoms with E-state index < -0.39 is 0 Å². The Bertz CT molecular complexity index is 987. The van der Waals surface area contributed by atoms with Crippen LogP contribution >= 0.6 is 11.3 Å². The smallest absolute Gasteiger partial charge is 0.261 e. The van der Waals surface area contributed by atoms with Gasteiger partial charge in [-0.05, 0) is 50.2 Å². The SMILES string of the molecule is Cc1nn(-c2ccc(F)cc2)c2sc(C(=O)NCC3=CCNCC3)cc12. The van der Waals surface area contributed by atoms with Crippen molar-refractivity contribution in [2.45, 2.75) is 13.3 Å². The predicted octanol–water partition coefficient (Wildman–Crippen LogP) is 3.18. The van der Waals surface area contributed by atoms with Crippen LogP contribution < -0.4 is 10.6 Å². The molecule has 1 aliphatic rings. The number of carbonyl (C=O) groups excluding carboxylic acids is 1. The van der Waals surface area contributed by atoms with E-state index in [-0.39, 0.29) is 11.7 Å². The number of hydrogen-bond acceptors (Lipinski definition) is 4. The summed E-state index contributed by atoms with van der Waals surface area (Å²) in [5, 5.41) is 11.7. The summed E-state index contributed by atoms with van der Waals surface area (Å²) in [7, 11) is 0. The maximum atomic E-state index is 13.2. The number of rotatable bonds is 4. The van der Waals surface area contributed by atoms with Crippen molar-refractivity contribution < 1.29 is 9.18 Å². The van der Waals surface area contributed by atoms with Crippen LogP contribution in [0.15, 0.2) is 42.0 Å². The van der Waals surface area contributed by atoms with Crippen molar-refractivity contribution in [3.8, 4) is 5.69 Å². The van der Waals surface area contributed by atoms with E-state index in [0.29, 0.717) is 11.4 Å². The molecule has 0 saturated carbocycles. The van der Waals surface area contributed by atoms with E-state index in [1.807, 2.05) is 13.0 Å². The van der Waals surface area contributed by atoms with E-state index in [0.717, 1.165) is 41.1 Å². The van der Waals surface area contributed by atoms with Crippen LogP contribution in [0.25, 0.3) is 15.9 Å². The highest BCUT2D eigenvalue weighted by atomic mass is 32.1. The van der Waals surface area contributed by atoms with Crippen LogP contribution in [0.3, 0.4) is 0 Å². The summed E-state index contributed by atoms with van der Waals surface area (Å²) in [6.45, 7) is 4.31. The van der Waals surface area contributed by atoms with E-state index in [4.69, 9.17) is 0 Å². The Labute approximate surface area is 154 Å². The molecule has 0 radical (unpaired) electrons. The molecule has 1 amide bonds. The highest BCUT2D eigenvalue weighted by Gasteiger charge is 2.17. The molecular weight excluding hydrogens is 351 g/mol. The summed E-state index contributed by atoms with van der Waals surface area (Å²) in [4.78, 5) is 14.1. The first-order chi connectivity index (χ1) is 12.6. The third-order valence-electron chi connectivity index (χ3n) is 4.47. The van der Waals surface area contributed by atoms with Gasteiger partial charge in [-0.2, -0.15) is 5.10 Å². The van der Waals surface area contributed by atoms with Gasteiger partial charge in [0, 0.05) is 18.5 Å². The Hall–Kier alpha value is -2.51. The van der Waals surface area contributed by atoms with E-state index >= 15 is 0 Å². The van der Waals surface area contributed by atoms with Gasteiger partial charge in [0.05, 0.1) is 16.3 Å². The molecule has 0 aliphatic carbocycles. The number of amides is 1. The first-order valence-corrected chi connectivity index (χ1v) is 9.35. The Morgan fingerprint density at radius 2 is 2.19 bits per heavy atom. The second-order valence-electron chi connectivity index (χ2n) is 6.30. The van der Waals surface area contributed by atoms with Gasteiger partial charge in [0.15, 0.2) is 0 Å². The molecule has 2 N–H and O–H groups in total. The number of fused-ring (bicyclic) bond motifs is 1. The monoisotopic (exact) mass is 370 g/mol. The first-order valence-electron chi connectivity index (χ1n) is 8.54. The standard InChI is InChI=1S/C19H19FN4OS/c1-12-16-10-17(18(25)22-11-13-6-8-21-9-7-13)26-19(16)24(23-12)15-4-2-14(20)3-5-15/h2-6,10,21H,7-9,11H2,1H3,(H,22,25). The van der Waals surface area contributed by atoms with Crippen molar-refractivity contribution in [3.05, 3.63) is 58.4 Å². The molecule has 0 unspecified atom stereocenters. The van der Waals surface area contributed by atoms with Gasteiger partial charge in [0.25, 0.3) is 5.91 Å². The number of aryl methyl sites for hydroxylation is 1. The zero-order valence-electron chi connectivity index (χ0n) is 14.4. The zero-order valence-corrected chi connectivity index (χ0v) is 15.2. The number of thiophene rings is 1. The number of carbonyl (C=O) groups is 1. The molecule has 0 bridgehead atoms. The van der Waals surface area contributed by atoms with Crippen molar-refractivity contribution >= 4 is 27.5 Å². The molecule has 2 aromatic heterocycles. The molecule has 0 spiro atoms. The van der Waals surface area contributed by atoms with Gasteiger partial charge in [0.2, 0.25) is 0 Å². The van der Waals surface area contributed by atoms with Crippen LogP contribution in [0, 0.1) is 12.7 Å². The minimum atomic E-state index is -0.285. The van der Waals surface area contributed by atoms with Crippen molar-refractivity contribution in [2.75, 3.05) is 19.6 Å². The molecule has 26 heavy (non-hydrogen) atoms. The van der Waals surface area contributed by atoms with E-state index in [9.17, 15) is 9.18 Å². The van der Waals surface area contributed by atoms with E-state index in [2.05, 4.69) is 21.8 Å². The van der Waals surface area contributed by atoms with Gasteiger partial charge >= 0.3 is 0 Å². The topological polar surface area (TPSA) is 59.0 Å². The van der Waals surface area contributed by atoms with Crippen molar-refractivity contribution in [2.24, 2.45) is 0 Å². The number of benzene rings is 1. The van der Waals surface area contributed by atoms with Crippen LogP contribution in [-0.4, -0.2) is 35.3 Å². The number of nitrogens with one attached hydrogen (secondary N) is 2. The molecule has 0 atom stereocenters. The Balaban J connectivity index is 1.59. The Kier molecular flexibility index (Phi) is 4.57. The van der Waals surface area contributed by atoms with Gasteiger partial charge in [0.1, 0.15) is 10.6 Å². The minimum absolute atomic E-state index is 0.0734. The fraction of sp³-hybridized carbons (Fsp3) is 0.263. The van der Waals surface area contributed by atoms with Gasteiger partial charge in [-0.3, -0.25) is 4.79 Å². The second kappa shape index (κ2) is 7.01. The molecule has 0 fully saturated rings. The fourth-order valence-corrected chi connectivity index (χ4v) is 4.13. The molecule has 134 valence electrons. The summed E-state index contributed by atoms with van der Waals surface area (Å²) in [5.41, 5.74) is 2.88. The maximum absolute atomic E-state index is 13.2. The van der Waals surface area contributed by atoms with Gasteiger partial charge < -0.3 is 10.6 Å². The number of halogens is 1. The Morgan fingerprint density at radius 3 is 2.92 bits per heavy atom. The predicted molar refractivity (Wildman–Crippen MR) is 102 cm³/mol. The lowest BCUT2D eigenvalue weighted by Crippen LogP contribution is -2.29. The molecular formula is C19H19FN4OS. The fourth-order valence-electron chi connectivity index (χ4n) is 3.03. The molecule has 3 heterocycles. The van der Waals surface area contributed by atoms with Gasteiger partial charge in [-0.15, -0.1) is 11.3 Å². The lowest BCUT2D eigenvalue weighted by atomic mass is 10.1. The average Bonchev–Trinajstić information content (AvgIpc) is 3.22. The molecule has 4 rings (SSSR count). The third kappa shape index (κ3) is 3.27. The molecule has 3 aromatic rings. The second-order valence-corrected chi connectivity index (χ2v) is 7.33. The van der Waals surface area contributed by atoms with E-state index in [1.165, 1.54) is 29.0 Å². The molecule has 1 aromatic carbocycles. The normalized spacial score (nSPS) is 14.5. The first kappa shape index (κ1) is 16.9. The van der Waals surface area contributed by atoms with Crippen LogP contribution in [0.1, 0.15) is 21.8 Å².